The molecule has 0 aliphatic carbocycles. The van der Waals surface area contributed by atoms with Crippen LogP contribution < -0.4 is 0 Å². The number of halogens is 1. The Balaban J connectivity index is 1.47. The highest BCUT2D eigenvalue weighted by atomic mass is 79.9. The molecule has 0 amide bonds. The minimum absolute atomic E-state index is 1.00. The van der Waals surface area contributed by atoms with E-state index in [1.165, 1.54) is 19.4 Å². The number of nitrogens with zero attached hydrogens (tertiary/aromatic N) is 3. The first-order chi connectivity index (χ1) is 9.69. The molecule has 0 saturated carbocycles. The summed E-state index contributed by atoms with van der Waals surface area (Å²) in [7, 11) is 0. The predicted octanol–water partition coefficient (Wildman–Crippen LogP) is 3.59. The summed E-state index contributed by atoms with van der Waals surface area (Å²) in [6.07, 6.45) is 0. The predicted molar refractivity (Wildman–Crippen MR) is 89.4 cm³/mol. The molecule has 1 saturated heterocycles. The minimum atomic E-state index is 1.00. The number of hydrogen-bond donors (Lipinski definition) is 0. The van der Waals surface area contributed by atoms with Gasteiger partial charge in [0, 0.05) is 49.5 Å². The first-order valence-corrected chi connectivity index (χ1v) is 9.28. The highest BCUT2D eigenvalue weighted by Gasteiger charge is 2.18. The van der Waals surface area contributed by atoms with E-state index in [1.54, 1.807) is 11.3 Å². The molecule has 2 aromatic heterocycles. The number of thiazole rings is 1. The van der Waals surface area contributed by atoms with E-state index in [4.69, 9.17) is 0 Å². The van der Waals surface area contributed by atoms with Crippen molar-refractivity contribution < 1.29 is 0 Å². The lowest BCUT2D eigenvalue weighted by atomic mass is 10.3. The van der Waals surface area contributed by atoms with E-state index in [0.717, 1.165) is 39.3 Å². The normalized spacial score (nSPS) is 17.7. The summed E-state index contributed by atoms with van der Waals surface area (Å²) in [5.74, 6) is 0. The summed E-state index contributed by atoms with van der Waals surface area (Å²) in [5.41, 5.74) is 1.23. The molecule has 0 atom stereocenters. The van der Waals surface area contributed by atoms with E-state index < -0.39 is 0 Å². The van der Waals surface area contributed by atoms with Crippen LogP contribution in [0.15, 0.2) is 21.3 Å². The molecule has 3 nitrogen and oxygen atoms in total. The molecular weight excluding hydrogens is 354 g/mol. The fraction of sp³-hybridized carbons (Fsp3) is 0.500. The van der Waals surface area contributed by atoms with Gasteiger partial charge >= 0.3 is 0 Å². The van der Waals surface area contributed by atoms with Crippen molar-refractivity contribution in [3.05, 3.63) is 36.9 Å². The van der Waals surface area contributed by atoms with Crippen LogP contribution in [0.2, 0.25) is 0 Å². The van der Waals surface area contributed by atoms with Crippen molar-refractivity contribution in [2.45, 2.75) is 20.0 Å². The van der Waals surface area contributed by atoms with E-state index in [-0.39, 0.29) is 0 Å². The fourth-order valence-electron chi connectivity index (χ4n) is 2.47. The smallest absolute Gasteiger partial charge is 0.0897 e. The maximum atomic E-state index is 4.55. The van der Waals surface area contributed by atoms with Gasteiger partial charge in [-0.2, -0.15) is 0 Å². The first-order valence-electron chi connectivity index (χ1n) is 6.79. The van der Waals surface area contributed by atoms with Gasteiger partial charge in [0.1, 0.15) is 0 Å². The lowest BCUT2D eigenvalue weighted by Crippen LogP contribution is -2.45. The molecule has 0 radical (unpaired) electrons. The van der Waals surface area contributed by atoms with Gasteiger partial charge in [0.25, 0.3) is 0 Å². The monoisotopic (exact) mass is 371 g/mol. The van der Waals surface area contributed by atoms with Crippen molar-refractivity contribution in [2.24, 2.45) is 0 Å². The highest BCUT2D eigenvalue weighted by molar-refractivity contribution is 9.11. The van der Waals surface area contributed by atoms with Crippen LogP contribution in [0.5, 0.6) is 0 Å². The zero-order valence-electron chi connectivity index (χ0n) is 11.5. The molecule has 3 rings (SSSR count). The van der Waals surface area contributed by atoms with Gasteiger partial charge in [-0.25, -0.2) is 4.98 Å². The fourth-order valence-corrected chi connectivity index (χ4v) is 4.60. The largest absolute Gasteiger partial charge is 0.296 e. The number of aromatic nitrogens is 1. The summed E-state index contributed by atoms with van der Waals surface area (Å²) >= 11 is 7.12. The van der Waals surface area contributed by atoms with E-state index in [0.29, 0.717) is 0 Å². The van der Waals surface area contributed by atoms with Crippen molar-refractivity contribution in [3.63, 3.8) is 0 Å². The maximum absolute atomic E-state index is 4.55. The number of hydrogen-bond acceptors (Lipinski definition) is 5. The third-order valence-corrected chi connectivity index (χ3v) is 5.96. The van der Waals surface area contributed by atoms with Crippen LogP contribution in [0.4, 0.5) is 0 Å². The summed E-state index contributed by atoms with van der Waals surface area (Å²) in [4.78, 5) is 11.1. The third kappa shape index (κ3) is 3.89. The second-order valence-corrected chi connectivity index (χ2v) is 8.73. The molecule has 108 valence electrons. The molecule has 2 aromatic rings. The van der Waals surface area contributed by atoms with Gasteiger partial charge in [0.15, 0.2) is 0 Å². The zero-order chi connectivity index (χ0) is 13.9. The quantitative estimate of drug-likeness (QED) is 0.818. The molecular formula is C14H18BrN3S2. The van der Waals surface area contributed by atoms with Crippen LogP contribution in [0.1, 0.15) is 15.6 Å². The van der Waals surface area contributed by atoms with E-state index in [1.807, 2.05) is 11.3 Å². The van der Waals surface area contributed by atoms with Crippen molar-refractivity contribution in [3.8, 4) is 0 Å². The third-order valence-electron chi connectivity index (χ3n) is 3.53. The number of thiophene rings is 1. The summed E-state index contributed by atoms with van der Waals surface area (Å²) < 4.78 is 1.23. The summed E-state index contributed by atoms with van der Waals surface area (Å²) in [6, 6.07) is 4.36. The van der Waals surface area contributed by atoms with Crippen molar-refractivity contribution in [2.75, 3.05) is 26.2 Å². The minimum Gasteiger partial charge on any atom is -0.296 e. The molecule has 0 bridgehead atoms. The van der Waals surface area contributed by atoms with Gasteiger partial charge in [-0.3, -0.25) is 9.80 Å². The van der Waals surface area contributed by atoms with Crippen molar-refractivity contribution in [1.29, 1.82) is 0 Å². The molecule has 0 N–H and O–H groups in total. The molecule has 1 aliphatic rings. The molecule has 0 spiro atoms. The second kappa shape index (κ2) is 6.66. The van der Waals surface area contributed by atoms with Crippen LogP contribution in [-0.4, -0.2) is 41.0 Å². The Hall–Kier alpha value is -0.270. The summed E-state index contributed by atoms with van der Waals surface area (Å²) in [6.45, 7) is 8.75. The van der Waals surface area contributed by atoms with Gasteiger partial charge in [-0.15, -0.1) is 22.7 Å². The lowest BCUT2D eigenvalue weighted by Gasteiger charge is -2.34. The number of piperazine rings is 1. The standard InChI is InChI=1S/C14H18BrN3S2/c1-11-16-12(10-19-11)8-17-4-6-18(7-5-17)9-13-2-3-14(15)20-13/h2-3,10H,4-9H2,1H3. The highest BCUT2D eigenvalue weighted by Crippen LogP contribution is 2.23. The molecule has 3 heterocycles. The summed E-state index contributed by atoms with van der Waals surface area (Å²) in [5, 5.41) is 3.35. The van der Waals surface area contributed by atoms with Crippen LogP contribution >= 0.6 is 38.6 Å². The van der Waals surface area contributed by atoms with Crippen LogP contribution in [0.25, 0.3) is 0 Å². The molecule has 6 heteroatoms. The Morgan fingerprint density at radius 1 is 1.15 bits per heavy atom. The molecule has 0 aromatic carbocycles. The Morgan fingerprint density at radius 3 is 2.40 bits per heavy atom. The SMILES string of the molecule is Cc1nc(CN2CCN(Cc3ccc(Br)s3)CC2)cs1. The Labute approximate surface area is 136 Å². The van der Waals surface area contributed by atoms with Crippen LogP contribution in [0.3, 0.4) is 0 Å². The molecule has 1 aliphatic heterocycles. The average molecular weight is 372 g/mol. The Bertz CT molecular complexity index is 508. The van der Waals surface area contributed by atoms with Crippen molar-refractivity contribution >= 4 is 38.6 Å². The number of rotatable bonds is 4. The van der Waals surface area contributed by atoms with Gasteiger partial charge in [0.2, 0.25) is 0 Å². The van der Waals surface area contributed by atoms with Gasteiger partial charge in [-0.05, 0) is 35.0 Å². The van der Waals surface area contributed by atoms with Gasteiger partial charge in [-0.1, -0.05) is 0 Å². The van der Waals surface area contributed by atoms with Gasteiger partial charge in [0.05, 0.1) is 14.5 Å². The Morgan fingerprint density at radius 2 is 1.85 bits per heavy atom. The van der Waals surface area contributed by atoms with Gasteiger partial charge < -0.3 is 0 Å². The van der Waals surface area contributed by atoms with E-state index in [9.17, 15) is 0 Å². The van der Waals surface area contributed by atoms with Crippen LogP contribution in [0, 0.1) is 6.92 Å². The van der Waals surface area contributed by atoms with Crippen molar-refractivity contribution in [1.82, 2.24) is 14.8 Å². The molecule has 20 heavy (non-hydrogen) atoms. The Kier molecular flexibility index (Phi) is 4.88. The van der Waals surface area contributed by atoms with E-state index >= 15 is 0 Å². The first kappa shape index (κ1) is 14.7. The zero-order valence-corrected chi connectivity index (χ0v) is 14.7. The number of aryl methyl sites for hydroxylation is 1. The average Bonchev–Trinajstić information content (AvgIpc) is 3.01. The second-order valence-electron chi connectivity index (χ2n) is 5.12. The lowest BCUT2D eigenvalue weighted by molar-refractivity contribution is 0.122. The van der Waals surface area contributed by atoms with E-state index in [2.05, 4.69) is 55.2 Å². The maximum Gasteiger partial charge on any atom is 0.0897 e. The van der Waals surface area contributed by atoms with Crippen LogP contribution in [-0.2, 0) is 13.1 Å². The molecule has 1 fully saturated rings. The topological polar surface area (TPSA) is 19.4 Å². The molecule has 0 unspecified atom stereocenters.